The fourth-order valence-electron chi connectivity index (χ4n) is 2.80. The first-order chi connectivity index (χ1) is 12.6. The minimum Gasteiger partial charge on any atom is -0.454 e. The van der Waals surface area contributed by atoms with E-state index in [0.29, 0.717) is 25.6 Å². The average Bonchev–Trinajstić information content (AvgIpc) is 3.21. The van der Waals surface area contributed by atoms with Crippen LogP contribution in [0.15, 0.2) is 23.2 Å². The second kappa shape index (κ2) is 7.94. The van der Waals surface area contributed by atoms with Crippen LogP contribution in [0.3, 0.4) is 0 Å². The molecule has 0 atom stereocenters. The van der Waals surface area contributed by atoms with E-state index < -0.39 is 0 Å². The number of ether oxygens (including phenoxy) is 2. The van der Waals surface area contributed by atoms with Crippen LogP contribution in [0.2, 0.25) is 0 Å². The molecule has 3 rings (SSSR count). The molecule has 2 aliphatic rings. The second-order valence-corrected chi connectivity index (χ2v) is 5.98. The predicted octanol–water partition coefficient (Wildman–Crippen LogP) is 0.364. The smallest absolute Gasteiger partial charge is 0.324 e. The van der Waals surface area contributed by atoms with E-state index in [1.54, 1.807) is 0 Å². The summed E-state index contributed by atoms with van der Waals surface area (Å²) in [6.07, 6.45) is 0. The maximum Gasteiger partial charge on any atom is 0.324 e. The molecule has 0 saturated carbocycles. The summed E-state index contributed by atoms with van der Waals surface area (Å²) in [6, 6.07) is 5.48. The molecule has 2 heterocycles. The van der Waals surface area contributed by atoms with Crippen molar-refractivity contribution < 1.29 is 19.1 Å². The third kappa shape index (κ3) is 3.98. The van der Waals surface area contributed by atoms with E-state index >= 15 is 0 Å². The summed E-state index contributed by atoms with van der Waals surface area (Å²) >= 11 is 0. The minimum atomic E-state index is -0.357. The van der Waals surface area contributed by atoms with Crippen molar-refractivity contribution in [1.29, 1.82) is 0 Å². The van der Waals surface area contributed by atoms with Gasteiger partial charge in [-0.3, -0.25) is 14.7 Å². The van der Waals surface area contributed by atoms with Crippen LogP contribution in [0.5, 0.6) is 11.5 Å². The molecule has 1 aromatic rings. The summed E-state index contributed by atoms with van der Waals surface area (Å²) in [4.78, 5) is 30.8. The zero-order valence-corrected chi connectivity index (χ0v) is 14.9. The quantitative estimate of drug-likeness (QED) is 0.432. The van der Waals surface area contributed by atoms with E-state index in [9.17, 15) is 9.59 Å². The molecule has 140 valence electrons. The molecular formula is C17H23N5O4. The first-order valence-electron chi connectivity index (χ1n) is 8.54. The number of nitrogens with one attached hydrogen (secondary N) is 2. The molecular weight excluding hydrogens is 338 g/mol. The van der Waals surface area contributed by atoms with Crippen LogP contribution in [-0.2, 0) is 11.3 Å². The topological polar surface area (TPSA) is 95.5 Å². The van der Waals surface area contributed by atoms with Gasteiger partial charge < -0.3 is 25.0 Å². The number of rotatable bonds is 6. The molecule has 0 unspecified atom stereocenters. The van der Waals surface area contributed by atoms with Gasteiger partial charge in [-0.1, -0.05) is 6.07 Å². The number of nitrogens with zero attached hydrogens (tertiary/aromatic N) is 3. The highest BCUT2D eigenvalue weighted by Crippen LogP contribution is 2.32. The highest BCUT2D eigenvalue weighted by atomic mass is 16.7. The SMILES string of the molecule is CCNC(=NCCN1C(=O)CNC1=O)N(C)Cc1ccc2c(c1)OCO2. The number of fused-ring (bicyclic) bond motifs is 1. The molecule has 1 saturated heterocycles. The van der Waals surface area contributed by atoms with Crippen LogP contribution < -0.4 is 20.1 Å². The van der Waals surface area contributed by atoms with Crippen molar-refractivity contribution >= 4 is 17.9 Å². The van der Waals surface area contributed by atoms with Crippen LogP contribution in [0.1, 0.15) is 12.5 Å². The minimum absolute atomic E-state index is 0.0621. The number of aliphatic imine (C=N–C) groups is 1. The van der Waals surface area contributed by atoms with Crippen molar-refractivity contribution in [2.75, 3.05) is 40.0 Å². The van der Waals surface area contributed by atoms with Crippen LogP contribution in [0.4, 0.5) is 4.79 Å². The Morgan fingerprint density at radius 2 is 2.15 bits per heavy atom. The van der Waals surface area contributed by atoms with Gasteiger partial charge in [0.25, 0.3) is 0 Å². The lowest BCUT2D eigenvalue weighted by molar-refractivity contribution is -0.124. The second-order valence-electron chi connectivity index (χ2n) is 5.98. The van der Waals surface area contributed by atoms with Crippen molar-refractivity contribution in [3.8, 4) is 11.5 Å². The first-order valence-corrected chi connectivity index (χ1v) is 8.54. The number of carbonyl (C=O) groups excluding carboxylic acids is 2. The monoisotopic (exact) mass is 361 g/mol. The average molecular weight is 361 g/mol. The Morgan fingerprint density at radius 1 is 1.35 bits per heavy atom. The van der Waals surface area contributed by atoms with E-state index in [4.69, 9.17) is 9.47 Å². The third-order valence-corrected chi connectivity index (χ3v) is 4.08. The Hall–Kier alpha value is -2.97. The number of hydrogen-bond acceptors (Lipinski definition) is 5. The van der Waals surface area contributed by atoms with E-state index in [-0.39, 0.29) is 31.8 Å². The zero-order chi connectivity index (χ0) is 18.5. The molecule has 0 spiro atoms. The molecule has 2 aliphatic heterocycles. The summed E-state index contributed by atoms with van der Waals surface area (Å²) in [6.45, 7) is 4.25. The number of guanidine groups is 1. The van der Waals surface area contributed by atoms with Gasteiger partial charge in [-0.15, -0.1) is 0 Å². The number of imide groups is 1. The van der Waals surface area contributed by atoms with Crippen LogP contribution in [0.25, 0.3) is 0 Å². The molecule has 1 aromatic carbocycles. The fourth-order valence-corrected chi connectivity index (χ4v) is 2.80. The van der Waals surface area contributed by atoms with E-state index in [0.717, 1.165) is 17.1 Å². The molecule has 9 nitrogen and oxygen atoms in total. The largest absolute Gasteiger partial charge is 0.454 e. The molecule has 0 aliphatic carbocycles. The Morgan fingerprint density at radius 3 is 2.88 bits per heavy atom. The van der Waals surface area contributed by atoms with Crippen LogP contribution in [-0.4, -0.2) is 67.7 Å². The van der Waals surface area contributed by atoms with Gasteiger partial charge >= 0.3 is 6.03 Å². The van der Waals surface area contributed by atoms with E-state index in [2.05, 4.69) is 15.6 Å². The highest BCUT2D eigenvalue weighted by molar-refractivity contribution is 6.01. The molecule has 2 N–H and O–H groups in total. The molecule has 26 heavy (non-hydrogen) atoms. The van der Waals surface area contributed by atoms with Gasteiger partial charge in [0.1, 0.15) is 0 Å². The van der Waals surface area contributed by atoms with Gasteiger partial charge in [0.05, 0.1) is 19.6 Å². The number of hydrogen-bond donors (Lipinski definition) is 2. The molecule has 0 bridgehead atoms. The molecule has 3 amide bonds. The van der Waals surface area contributed by atoms with Crippen molar-refractivity contribution in [3.63, 3.8) is 0 Å². The van der Waals surface area contributed by atoms with Gasteiger partial charge in [0, 0.05) is 20.1 Å². The Kier molecular flexibility index (Phi) is 5.45. The summed E-state index contributed by atoms with van der Waals surface area (Å²) < 4.78 is 10.7. The summed E-state index contributed by atoms with van der Waals surface area (Å²) in [5.74, 6) is 1.99. The molecule has 9 heteroatoms. The summed E-state index contributed by atoms with van der Waals surface area (Å²) in [5.41, 5.74) is 1.07. The number of amides is 3. The van der Waals surface area contributed by atoms with Crippen molar-refractivity contribution in [3.05, 3.63) is 23.8 Å². The van der Waals surface area contributed by atoms with Gasteiger partial charge in [-0.2, -0.15) is 0 Å². The van der Waals surface area contributed by atoms with Crippen LogP contribution >= 0.6 is 0 Å². The third-order valence-electron chi connectivity index (χ3n) is 4.08. The van der Waals surface area contributed by atoms with Crippen LogP contribution in [0, 0.1) is 0 Å². The molecule has 0 radical (unpaired) electrons. The first kappa shape index (κ1) is 17.8. The number of carbonyl (C=O) groups is 2. The summed E-state index contributed by atoms with van der Waals surface area (Å²) in [5, 5.41) is 5.72. The lowest BCUT2D eigenvalue weighted by Gasteiger charge is -2.22. The van der Waals surface area contributed by atoms with E-state index in [1.165, 1.54) is 4.90 Å². The zero-order valence-electron chi connectivity index (χ0n) is 14.9. The van der Waals surface area contributed by atoms with Crippen molar-refractivity contribution in [1.82, 2.24) is 20.4 Å². The maximum atomic E-state index is 11.6. The fraction of sp³-hybridized carbons (Fsp3) is 0.471. The lowest BCUT2D eigenvalue weighted by atomic mass is 10.2. The standard InChI is InChI=1S/C17H23N5O4/c1-3-18-16(19-6-7-22-15(23)9-20-17(22)24)21(2)10-12-4-5-13-14(8-12)26-11-25-13/h4-5,8H,3,6-7,9-11H2,1-2H3,(H,18,19)(H,20,24). The van der Waals surface area contributed by atoms with Crippen molar-refractivity contribution in [2.24, 2.45) is 4.99 Å². The Labute approximate surface area is 151 Å². The Bertz CT molecular complexity index is 705. The predicted molar refractivity (Wildman–Crippen MR) is 95.1 cm³/mol. The highest BCUT2D eigenvalue weighted by Gasteiger charge is 2.27. The van der Waals surface area contributed by atoms with Crippen molar-refractivity contribution in [2.45, 2.75) is 13.5 Å². The molecule has 1 fully saturated rings. The maximum absolute atomic E-state index is 11.6. The van der Waals surface area contributed by atoms with Gasteiger partial charge in [0.2, 0.25) is 12.7 Å². The van der Waals surface area contributed by atoms with E-state index in [1.807, 2.05) is 37.1 Å². The lowest BCUT2D eigenvalue weighted by Crippen LogP contribution is -2.39. The number of benzene rings is 1. The van der Waals surface area contributed by atoms with Gasteiger partial charge in [0.15, 0.2) is 17.5 Å². The number of urea groups is 1. The summed E-state index contributed by atoms with van der Waals surface area (Å²) in [7, 11) is 1.93. The normalized spacial score (nSPS) is 16.1. The van der Waals surface area contributed by atoms with Gasteiger partial charge in [-0.25, -0.2) is 4.79 Å². The molecule has 0 aromatic heterocycles. The Balaban J connectivity index is 1.60. The van der Waals surface area contributed by atoms with Gasteiger partial charge in [-0.05, 0) is 24.6 Å².